The fourth-order valence-electron chi connectivity index (χ4n) is 3.01. The summed E-state index contributed by atoms with van der Waals surface area (Å²) in [6.45, 7) is 0. The molecule has 0 atom stereocenters. The molecule has 1 amide bonds. The Labute approximate surface area is 196 Å². The topological polar surface area (TPSA) is 84.5 Å². The summed E-state index contributed by atoms with van der Waals surface area (Å²) in [7, 11) is -3.76. The second-order valence-corrected chi connectivity index (χ2v) is 9.10. The Kier molecular flexibility index (Phi) is 6.63. The van der Waals surface area contributed by atoms with Gasteiger partial charge in [-0.15, -0.1) is 0 Å². The van der Waals surface area contributed by atoms with E-state index in [9.17, 15) is 13.2 Å². The van der Waals surface area contributed by atoms with Gasteiger partial charge < -0.3 is 10.1 Å². The molecule has 0 aromatic heterocycles. The molecule has 6 nitrogen and oxygen atoms in total. The molecule has 4 aromatic rings. The molecule has 4 aromatic carbocycles. The highest BCUT2D eigenvalue weighted by Gasteiger charge is 2.16. The van der Waals surface area contributed by atoms with E-state index in [4.69, 9.17) is 16.3 Å². The van der Waals surface area contributed by atoms with Crippen molar-refractivity contribution in [3.63, 3.8) is 0 Å². The van der Waals surface area contributed by atoms with Crippen LogP contribution in [-0.4, -0.2) is 14.3 Å². The van der Waals surface area contributed by atoms with Crippen molar-refractivity contribution in [2.45, 2.75) is 4.90 Å². The van der Waals surface area contributed by atoms with Crippen LogP contribution in [0.15, 0.2) is 108 Å². The zero-order valence-electron chi connectivity index (χ0n) is 17.2. The predicted molar refractivity (Wildman–Crippen MR) is 130 cm³/mol. The number of nitrogens with one attached hydrogen (secondary N) is 2. The molecule has 0 aliphatic rings. The minimum Gasteiger partial charge on any atom is -0.457 e. The van der Waals surface area contributed by atoms with Gasteiger partial charge in [0.1, 0.15) is 11.5 Å². The number of sulfonamides is 1. The monoisotopic (exact) mass is 478 g/mol. The Morgan fingerprint density at radius 1 is 0.727 bits per heavy atom. The van der Waals surface area contributed by atoms with Crippen LogP contribution >= 0.6 is 11.6 Å². The van der Waals surface area contributed by atoms with E-state index < -0.39 is 15.9 Å². The molecule has 0 unspecified atom stereocenters. The molecule has 0 saturated carbocycles. The van der Waals surface area contributed by atoms with E-state index in [1.807, 2.05) is 30.3 Å². The predicted octanol–water partition coefficient (Wildman–Crippen LogP) is 6.19. The maximum Gasteiger partial charge on any atom is 0.261 e. The fraction of sp³-hybridized carbons (Fsp3) is 0. The molecule has 0 heterocycles. The summed E-state index contributed by atoms with van der Waals surface area (Å²) in [5, 5.41) is 2.88. The number of ether oxygens (including phenoxy) is 1. The summed E-state index contributed by atoms with van der Waals surface area (Å²) in [6, 6.07) is 28.6. The molecule has 166 valence electrons. The summed E-state index contributed by atoms with van der Waals surface area (Å²) in [4.78, 5) is 12.8. The summed E-state index contributed by atoms with van der Waals surface area (Å²) < 4.78 is 33.1. The fourth-order valence-corrected chi connectivity index (χ4v) is 4.34. The Morgan fingerprint density at radius 2 is 1.30 bits per heavy atom. The number of carbonyl (C=O) groups excluding carboxylic acids is 1. The van der Waals surface area contributed by atoms with E-state index >= 15 is 0 Å². The largest absolute Gasteiger partial charge is 0.457 e. The molecule has 33 heavy (non-hydrogen) atoms. The molecule has 0 spiro atoms. The first-order valence-electron chi connectivity index (χ1n) is 9.92. The molecular weight excluding hydrogens is 460 g/mol. The number of anilines is 2. The number of carbonyl (C=O) groups is 1. The third-order valence-corrected chi connectivity index (χ3v) is 6.32. The highest BCUT2D eigenvalue weighted by atomic mass is 35.5. The average molecular weight is 479 g/mol. The van der Waals surface area contributed by atoms with Crippen molar-refractivity contribution >= 4 is 38.9 Å². The first-order valence-corrected chi connectivity index (χ1v) is 11.8. The number of rotatable bonds is 7. The molecular formula is C25H19ClN2O4S. The summed E-state index contributed by atoms with van der Waals surface area (Å²) >= 11 is 6.27. The molecule has 0 radical (unpaired) electrons. The zero-order valence-corrected chi connectivity index (χ0v) is 18.8. The van der Waals surface area contributed by atoms with Crippen LogP contribution in [0.4, 0.5) is 11.4 Å². The number of amides is 1. The van der Waals surface area contributed by atoms with E-state index in [2.05, 4.69) is 10.0 Å². The van der Waals surface area contributed by atoms with Gasteiger partial charge in [-0.3, -0.25) is 9.52 Å². The molecule has 0 aliphatic heterocycles. The number of hydrogen-bond donors (Lipinski definition) is 2. The molecule has 0 bridgehead atoms. The molecule has 8 heteroatoms. The lowest BCUT2D eigenvalue weighted by molar-refractivity contribution is 0.102. The Hall–Kier alpha value is -3.81. The van der Waals surface area contributed by atoms with Gasteiger partial charge in [-0.1, -0.05) is 48.0 Å². The van der Waals surface area contributed by atoms with Gasteiger partial charge in [0, 0.05) is 5.69 Å². The third kappa shape index (κ3) is 5.71. The normalized spacial score (nSPS) is 10.9. The van der Waals surface area contributed by atoms with Crippen molar-refractivity contribution < 1.29 is 17.9 Å². The SMILES string of the molecule is O=C(Nc1ccc(Oc2ccccc2)cc1)c1ccc(NS(=O)(=O)c2ccccc2)cc1Cl. The molecule has 0 saturated heterocycles. The summed E-state index contributed by atoms with van der Waals surface area (Å²) in [6.07, 6.45) is 0. The van der Waals surface area contributed by atoms with Gasteiger partial charge in [-0.2, -0.15) is 0 Å². The van der Waals surface area contributed by atoms with E-state index in [1.54, 1.807) is 42.5 Å². The van der Waals surface area contributed by atoms with Gasteiger partial charge in [0.05, 0.1) is 21.2 Å². The Morgan fingerprint density at radius 3 is 1.94 bits per heavy atom. The minimum atomic E-state index is -3.76. The van der Waals surface area contributed by atoms with Gasteiger partial charge in [0.15, 0.2) is 0 Å². The van der Waals surface area contributed by atoms with E-state index in [-0.39, 0.29) is 21.2 Å². The number of benzene rings is 4. The number of halogens is 1. The van der Waals surface area contributed by atoms with Crippen molar-refractivity contribution in [2.24, 2.45) is 0 Å². The van der Waals surface area contributed by atoms with Crippen LogP contribution in [0.1, 0.15) is 10.4 Å². The van der Waals surface area contributed by atoms with Crippen LogP contribution in [0, 0.1) is 0 Å². The van der Waals surface area contributed by atoms with Crippen LogP contribution in [0.25, 0.3) is 0 Å². The van der Waals surface area contributed by atoms with Gasteiger partial charge in [0.2, 0.25) is 0 Å². The van der Waals surface area contributed by atoms with Crippen LogP contribution in [-0.2, 0) is 10.0 Å². The maximum absolute atomic E-state index is 12.7. The lowest BCUT2D eigenvalue weighted by atomic mass is 10.2. The van der Waals surface area contributed by atoms with Gasteiger partial charge in [-0.05, 0) is 66.7 Å². The van der Waals surface area contributed by atoms with Gasteiger partial charge in [-0.25, -0.2) is 8.42 Å². The van der Waals surface area contributed by atoms with E-state index in [1.165, 1.54) is 30.3 Å². The van der Waals surface area contributed by atoms with E-state index in [0.717, 1.165) is 0 Å². The smallest absolute Gasteiger partial charge is 0.261 e. The molecule has 4 rings (SSSR count). The first kappa shape index (κ1) is 22.4. The standard InChI is InChI=1S/C25H19ClN2O4S/c26-24-17-19(28-33(30,31)22-9-5-2-6-10-22)13-16-23(24)25(29)27-18-11-14-21(15-12-18)32-20-7-3-1-4-8-20/h1-17,28H,(H,27,29). The van der Waals surface area contributed by atoms with Crippen molar-refractivity contribution in [2.75, 3.05) is 10.0 Å². The molecule has 0 aliphatic carbocycles. The molecule has 0 fully saturated rings. The van der Waals surface area contributed by atoms with Crippen LogP contribution < -0.4 is 14.8 Å². The Bertz CT molecular complexity index is 1360. The lowest BCUT2D eigenvalue weighted by Crippen LogP contribution is -2.14. The van der Waals surface area contributed by atoms with Gasteiger partial charge in [0.25, 0.3) is 15.9 Å². The highest BCUT2D eigenvalue weighted by Crippen LogP contribution is 2.26. The quantitative estimate of drug-likeness (QED) is 0.332. The minimum absolute atomic E-state index is 0.116. The van der Waals surface area contributed by atoms with Crippen molar-refractivity contribution in [1.29, 1.82) is 0 Å². The second kappa shape index (κ2) is 9.77. The van der Waals surface area contributed by atoms with Crippen molar-refractivity contribution in [3.05, 3.63) is 114 Å². The van der Waals surface area contributed by atoms with Crippen LogP contribution in [0.5, 0.6) is 11.5 Å². The van der Waals surface area contributed by atoms with Crippen molar-refractivity contribution in [3.8, 4) is 11.5 Å². The molecule has 2 N–H and O–H groups in total. The Balaban J connectivity index is 1.42. The first-order chi connectivity index (χ1) is 15.9. The summed E-state index contributed by atoms with van der Waals surface area (Å²) in [5.41, 5.74) is 1.03. The van der Waals surface area contributed by atoms with Crippen molar-refractivity contribution in [1.82, 2.24) is 0 Å². The summed E-state index contributed by atoms with van der Waals surface area (Å²) in [5.74, 6) is 0.922. The van der Waals surface area contributed by atoms with E-state index in [0.29, 0.717) is 17.2 Å². The number of para-hydroxylation sites is 1. The number of hydrogen-bond acceptors (Lipinski definition) is 4. The lowest BCUT2D eigenvalue weighted by Gasteiger charge is -2.11. The third-order valence-electron chi connectivity index (χ3n) is 4.61. The second-order valence-electron chi connectivity index (χ2n) is 7.01. The average Bonchev–Trinajstić information content (AvgIpc) is 2.81. The van der Waals surface area contributed by atoms with Crippen LogP contribution in [0.2, 0.25) is 5.02 Å². The van der Waals surface area contributed by atoms with Gasteiger partial charge >= 0.3 is 0 Å². The highest BCUT2D eigenvalue weighted by molar-refractivity contribution is 7.92. The maximum atomic E-state index is 12.7. The zero-order chi connectivity index (χ0) is 23.3. The van der Waals surface area contributed by atoms with Crippen LogP contribution in [0.3, 0.4) is 0 Å².